The maximum absolute atomic E-state index is 11.9. The van der Waals surface area contributed by atoms with Crippen LogP contribution in [0.2, 0.25) is 0 Å². The van der Waals surface area contributed by atoms with Gasteiger partial charge in [0.05, 0.1) is 0 Å². The molecule has 1 aliphatic heterocycles. The quantitative estimate of drug-likeness (QED) is 0.319. The summed E-state index contributed by atoms with van der Waals surface area (Å²) in [5, 5.41) is 11.6. The fourth-order valence-electron chi connectivity index (χ4n) is 3.05. The van der Waals surface area contributed by atoms with E-state index < -0.39 is 0 Å². The standard InChI is InChI=1S/C15H28INO3/c1-14(2)10-12(11-15(3,4)17(14)19)20-13(18)8-6-5-7-9-16/h12,19H,5-11H2,1-4H3. The van der Waals surface area contributed by atoms with Crippen LogP contribution < -0.4 is 0 Å². The van der Waals surface area contributed by atoms with E-state index in [0.717, 1.165) is 23.7 Å². The Morgan fingerprint density at radius 2 is 1.75 bits per heavy atom. The van der Waals surface area contributed by atoms with Crippen LogP contribution in [0.25, 0.3) is 0 Å². The molecule has 5 heteroatoms. The van der Waals surface area contributed by atoms with Gasteiger partial charge in [0.2, 0.25) is 0 Å². The van der Waals surface area contributed by atoms with Crippen molar-refractivity contribution in [1.82, 2.24) is 5.06 Å². The number of alkyl halides is 1. The zero-order valence-corrected chi connectivity index (χ0v) is 15.3. The van der Waals surface area contributed by atoms with E-state index >= 15 is 0 Å². The monoisotopic (exact) mass is 397 g/mol. The molecular formula is C15H28INO3. The van der Waals surface area contributed by atoms with Crippen LogP contribution in [-0.4, -0.2) is 37.8 Å². The number of hydrogen-bond donors (Lipinski definition) is 1. The Hall–Kier alpha value is 0.120. The highest BCUT2D eigenvalue weighted by Crippen LogP contribution is 2.38. The summed E-state index contributed by atoms with van der Waals surface area (Å²) in [7, 11) is 0. The Morgan fingerprint density at radius 3 is 2.25 bits per heavy atom. The van der Waals surface area contributed by atoms with Crippen LogP contribution in [0.4, 0.5) is 0 Å². The van der Waals surface area contributed by atoms with Gasteiger partial charge in [-0.2, -0.15) is 5.06 Å². The van der Waals surface area contributed by atoms with Gasteiger partial charge in [0.25, 0.3) is 0 Å². The summed E-state index contributed by atoms with van der Waals surface area (Å²) in [4.78, 5) is 11.9. The average Bonchev–Trinajstić information content (AvgIpc) is 2.31. The minimum Gasteiger partial charge on any atom is -0.462 e. The average molecular weight is 397 g/mol. The first-order valence-corrected chi connectivity index (χ1v) is 8.96. The fourth-order valence-corrected chi connectivity index (χ4v) is 3.59. The van der Waals surface area contributed by atoms with Crippen molar-refractivity contribution in [2.75, 3.05) is 4.43 Å². The van der Waals surface area contributed by atoms with Crippen molar-refractivity contribution in [3.8, 4) is 0 Å². The number of carbonyl (C=O) groups excluding carboxylic acids is 1. The van der Waals surface area contributed by atoms with E-state index in [-0.39, 0.29) is 23.2 Å². The first kappa shape index (κ1) is 18.2. The summed E-state index contributed by atoms with van der Waals surface area (Å²) in [5.74, 6) is -0.0959. The number of esters is 1. The van der Waals surface area contributed by atoms with Crippen molar-refractivity contribution in [3.05, 3.63) is 0 Å². The molecule has 0 amide bonds. The molecule has 1 rings (SSSR count). The van der Waals surface area contributed by atoms with Crippen molar-refractivity contribution >= 4 is 28.6 Å². The summed E-state index contributed by atoms with van der Waals surface area (Å²) in [6.07, 6.45) is 4.92. The Morgan fingerprint density at radius 1 is 1.20 bits per heavy atom. The van der Waals surface area contributed by atoms with E-state index in [0.29, 0.717) is 19.3 Å². The lowest BCUT2D eigenvalue weighted by molar-refractivity contribution is -0.259. The Kier molecular flexibility index (Phi) is 6.73. The molecule has 0 spiro atoms. The molecule has 1 saturated heterocycles. The summed E-state index contributed by atoms with van der Waals surface area (Å²) < 4.78 is 6.76. The second-order valence-corrected chi connectivity index (χ2v) is 8.04. The number of carbonyl (C=O) groups is 1. The van der Waals surface area contributed by atoms with Crippen LogP contribution in [0.1, 0.15) is 66.2 Å². The van der Waals surface area contributed by atoms with Gasteiger partial charge in [-0.1, -0.05) is 29.0 Å². The lowest BCUT2D eigenvalue weighted by Gasteiger charge is -2.50. The molecule has 0 aromatic carbocycles. The number of rotatable bonds is 6. The molecule has 0 aliphatic carbocycles. The normalized spacial score (nSPS) is 22.7. The molecule has 1 heterocycles. The third kappa shape index (κ3) is 5.15. The molecule has 1 N–H and O–H groups in total. The molecule has 0 atom stereocenters. The first-order valence-electron chi connectivity index (χ1n) is 7.44. The van der Waals surface area contributed by atoms with Crippen molar-refractivity contribution in [1.29, 1.82) is 0 Å². The number of unbranched alkanes of at least 4 members (excludes halogenated alkanes) is 2. The van der Waals surface area contributed by atoms with Crippen LogP contribution in [0.15, 0.2) is 0 Å². The van der Waals surface area contributed by atoms with E-state index in [2.05, 4.69) is 22.6 Å². The van der Waals surface area contributed by atoms with E-state index in [9.17, 15) is 10.0 Å². The molecule has 0 unspecified atom stereocenters. The summed E-state index contributed by atoms with van der Waals surface area (Å²) in [6.45, 7) is 7.93. The minimum absolute atomic E-state index is 0.0959. The first-order chi connectivity index (χ1) is 9.19. The number of piperidine rings is 1. The number of hydroxylamine groups is 2. The topological polar surface area (TPSA) is 49.8 Å². The van der Waals surface area contributed by atoms with Crippen molar-refractivity contribution in [2.24, 2.45) is 0 Å². The second kappa shape index (κ2) is 7.40. The van der Waals surface area contributed by atoms with Crippen LogP contribution >= 0.6 is 22.6 Å². The predicted molar refractivity (Wildman–Crippen MR) is 88.3 cm³/mol. The maximum atomic E-state index is 11.9. The summed E-state index contributed by atoms with van der Waals surface area (Å²) >= 11 is 2.35. The molecule has 0 aromatic heterocycles. The van der Waals surface area contributed by atoms with Crippen molar-refractivity contribution < 1.29 is 14.7 Å². The van der Waals surface area contributed by atoms with Crippen LogP contribution in [-0.2, 0) is 9.53 Å². The predicted octanol–water partition coefficient (Wildman–Crippen LogP) is 3.94. The molecule has 0 saturated carbocycles. The smallest absolute Gasteiger partial charge is 0.306 e. The Balaban J connectivity index is 2.46. The molecular weight excluding hydrogens is 369 g/mol. The van der Waals surface area contributed by atoms with E-state index in [1.807, 2.05) is 27.7 Å². The van der Waals surface area contributed by atoms with Gasteiger partial charge >= 0.3 is 5.97 Å². The molecule has 4 nitrogen and oxygen atoms in total. The zero-order valence-electron chi connectivity index (χ0n) is 13.1. The summed E-state index contributed by atoms with van der Waals surface area (Å²) in [6, 6.07) is 0. The second-order valence-electron chi connectivity index (χ2n) is 6.96. The van der Waals surface area contributed by atoms with E-state index in [1.165, 1.54) is 5.06 Å². The summed E-state index contributed by atoms with van der Waals surface area (Å²) in [5.41, 5.74) is -0.734. The Labute approximate surface area is 136 Å². The zero-order chi connectivity index (χ0) is 15.4. The third-order valence-electron chi connectivity index (χ3n) is 3.91. The molecule has 1 aliphatic rings. The van der Waals surface area contributed by atoms with Crippen LogP contribution in [0.5, 0.6) is 0 Å². The SMILES string of the molecule is CC1(C)CC(OC(=O)CCCCCI)CC(C)(C)N1O. The van der Waals surface area contributed by atoms with Gasteiger partial charge < -0.3 is 9.94 Å². The van der Waals surface area contributed by atoms with Gasteiger partial charge in [-0.3, -0.25) is 4.79 Å². The highest BCUT2D eigenvalue weighted by atomic mass is 127. The number of hydrogen-bond acceptors (Lipinski definition) is 4. The van der Waals surface area contributed by atoms with Crippen LogP contribution in [0.3, 0.4) is 0 Å². The lowest BCUT2D eigenvalue weighted by Crippen LogP contribution is -2.60. The molecule has 1 fully saturated rings. The maximum Gasteiger partial charge on any atom is 0.306 e. The van der Waals surface area contributed by atoms with Crippen molar-refractivity contribution in [3.63, 3.8) is 0 Å². The number of halogens is 1. The molecule has 0 bridgehead atoms. The van der Waals surface area contributed by atoms with Gasteiger partial charge in [-0.25, -0.2) is 0 Å². The van der Waals surface area contributed by atoms with Crippen molar-refractivity contribution in [2.45, 2.75) is 83.4 Å². The van der Waals surface area contributed by atoms with E-state index in [4.69, 9.17) is 4.74 Å². The largest absolute Gasteiger partial charge is 0.462 e. The molecule has 0 aromatic rings. The number of nitrogens with zero attached hydrogens (tertiary/aromatic N) is 1. The van der Waals surface area contributed by atoms with Gasteiger partial charge in [0.1, 0.15) is 6.10 Å². The highest BCUT2D eigenvalue weighted by molar-refractivity contribution is 14.1. The lowest BCUT2D eigenvalue weighted by atomic mass is 9.80. The van der Waals surface area contributed by atoms with E-state index in [1.54, 1.807) is 0 Å². The van der Waals surface area contributed by atoms with Gasteiger partial charge in [0.15, 0.2) is 0 Å². The molecule has 0 radical (unpaired) electrons. The van der Waals surface area contributed by atoms with Gasteiger partial charge in [-0.05, 0) is 45.0 Å². The van der Waals surface area contributed by atoms with Crippen LogP contribution in [0, 0.1) is 0 Å². The minimum atomic E-state index is -0.367. The fraction of sp³-hybridized carbons (Fsp3) is 0.933. The Bertz CT molecular complexity index is 313. The van der Waals surface area contributed by atoms with Gasteiger partial charge in [0, 0.05) is 30.3 Å². The third-order valence-corrected chi connectivity index (χ3v) is 4.68. The molecule has 118 valence electrons. The highest BCUT2D eigenvalue weighted by Gasteiger charge is 2.46. The molecule has 20 heavy (non-hydrogen) atoms. The number of ether oxygens (including phenoxy) is 1. The van der Waals surface area contributed by atoms with Gasteiger partial charge in [-0.15, -0.1) is 0 Å².